The molecule has 0 atom stereocenters. The first kappa shape index (κ1) is 25.9. The van der Waals surface area contributed by atoms with Crippen molar-refractivity contribution in [2.75, 3.05) is 33.0 Å². The fourth-order valence-electron chi connectivity index (χ4n) is 2.28. The van der Waals surface area contributed by atoms with E-state index >= 15 is 0 Å². The van der Waals surface area contributed by atoms with Gasteiger partial charge in [-0.2, -0.15) is 0 Å². The zero-order valence-electron chi connectivity index (χ0n) is 16.4. The first-order valence-corrected chi connectivity index (χ1v) is 10.6. The fraction of sp³-hybridized carbons (Fsp3) is 0.450. The second-order valence-electron chi connectivity index (χ2n) is 5.58. The number of rotatable bonds is 14. The van der Waals surface area contributed by atoms with Crippen molar-refractivity contribution in [3.8, 4) is 11.5 Å². The van der Waals surface area contributed by atoms with Gasteiger partial charge >= 0.3 is 0 Å². The lowest BCUT2D eigenvalue weighted by molar-refractivity contribution is 0.123. The molecular formula is C20H25Cl4NO4. The molecule has 1 aromatic rings. The summed E-state index contributed by atoms with van der Waals surface area (Å²) in [6.07, 6.45) is 6.24. The number of aryl methyl sites for hydroxylation is 2. The Hall–Kier alpha value is -1.11. The smallest absolute Gasteiger partial charge is 0.138 e. The van der Waals surface area contributed by atoms with Crippen molar-refractivity contribution in [1.29, 1.82) is 0 Å². The van der Waals surface area contributed by atoms with Gasteiger partial charge in [-0.25, -0.2) is 0 Å². The Bertz CT molecular complexity index is 675. The van der Waals surface area contributed by atoms with Gasteiger partial charge in [-0.05, 0) is 48.3 Å². The van der Waals surface area contributed by atoms with Gasteiger partial charge in [0, 0.05) is 0 Å². The summed E-state index contributed by atoms with van der Waals surface area (Å²) in [5, 5.41) is 3.71. The number of benzene rings is 1. The molecule has 0 aliphatic rings. The molecule has 0 heterocycles. The van der Waals surface area contributed by atoms with Crippen LogP contribution in [0.2, 0.25) is 0 Å². The van der Waals surface area contributed by atoms with Gasteiger partial charge < -0.3 is 19.0 Å². The molecule has 0 saturated heterocycles. The summed E-state index contributed by atoms with van der Waals surface area (Å²) in [6, 6.07) is 3.94. The molecule has 0 aliphatic heterocycles. The predicted molar refractivity (Wildman–Crippen MR) is 121 cm³/mol. The lowest BCUT2D eigenvalue weighted by Crippen LogP contribution is -2.10. The maximum Gasteiger partial charge on any atom is 0.138 e. The first-order valence-electron chi connectivity index (χ1n) is 9.13. The van der Waals surface area contributed by atoms with Gasteiger partial charge in [0.05, 0.1) is 19.4 Å². The monoisotopic (exact) mass is 483 g/mol. The topological polar surface area (TPSA) is 49.3 Å². The number of hydrogen-bond acceptors (Lipinski definition) is 5. The molecule has 0 bridgehead atoms. The molecule has 29 heavy (non-hydrogen) atoms. The number of nitrogens with zero attached hydrogens (tertiary/aromatic N) is 1. The van der Waals surface area contributed by atoms with Gasteiger partial charge in [0.1, 0.15) is 40.3 Å². The average molecular weight is 485 g/mol. The quantitative estimate of drug-likeness (QED) is 0.178. The minimum Gasteiger partial charge on any atom is -0.491 e. The average Bonchev–Trinajstić information content (AvgIpc) is 2.68. The Morgan fingerprint density at radius 2 is 1.48 bits per heavy atom. The zero-order valence-corrected chi connectivity index (χ0v) is 19.5. The van der Waals surface area contributed by atoms with Gasteiger partial charge in [-0.15, -0.1) is 0 Å². The van der Waals surface area contributed by atoms with E-state index in [1.165, 1.54) is 12.3 Å². The highest BCUT2D eigenvalue weighted by Gasteiger charge is 2.11. The maximum atomic E-state index is 5.97. The van der Waals surface area contributed by atoms with Crippen LogP contribution in [0.3, 0.4) is 0 Å². The molecule has 0 spiro atoms. The Kier molecular flexibility index (Phi) is 14.0. The van der Waals surface area contributed by atoms with Crippen molar-refractivity contribution in [2.24, 2.45) is 5.16 Å². The summed E-state index contributed by atoms with van der Waals surface area (Å²) in [5.74, 6) is 1.63. The maximum absolute atomic E-state index is 5.97. The van der Waals surface area contributed by atoms with Crippen LogP contribution in [0.5, 0.6) is 11.5 Å². The number of oxime groups is 1. The van der Waals surface area contributed by atoms with Crippen LogP contribution < -0.4 is 9.47 Å². The van der Waals surface area contributed by atoms with E-state index in [1.54, 1.807) is 6.08 Å². The van der Waals surface area contributed by atoms with E-state index in [4.69, 9.17) is 65.5 Å². The Morgan fingerprint density at radius 1 is 0.862 bits per heavy atom. The summed E-state index contributed by atoms with van der Waals surface area (Å²) >= 11 is 22.1. The highest BCUT2D eigenvalue weighted by Crippen LogP contribution is 2.31. The van der Waals surface area contributed by atoms with Crippen molar-refractivity contribution in [1.82, 2.24) is 0 Å². The summed E-state index contributed by atoms with van der Waals surface area (Å²) in [5.41, 5.74) is 2.14. The Balaban J connectivity index is 2.49. The third-order valence-electron chi connectivity index (χ3n) is 3.59. The minimum atomic E-state index is 0.141. The van der Waals surface area contributed by atoms with Gasteiger partial charge in [-0.1, -0.05) is 65.4 Å². The number of halogens is 4. The van der Waals surface area contributed by atoms with E-state index in [9.17, 15) is 0 Å². The molecule has 1 aromatic carbocycles. The lowest BCUT2D eigenvalue weighted by Gasteiger charge is -2.17. The zero-order chi connectivity index (χ0) is 21.5. The molecule has 0 aliphatic carbocycles. The summed E-state index contributed by atoms with van der Waals surface area (Å²) in [7, 11) is 0. The molecule has 9 heteroatoms. The van der Waals surface area contributed by atoms with Crippen LogP contribution in [0.25, 0.3) is 0 Å². The van der Waals surface area contributed by atoms with E-state index in [-0.39, 0.29) is 15.6 Å². The SMILES string of the molecule is CCc1cc(OCC=C(Cl)Cl)cc(CC)c1OCCOC/C=N\OCC=C(Cl)Cl. The normalized spacial score (nSPS) is 10.7. The third kappa shape index (κ3) is 11.6. The second kappa shape index (κ2) is 15.7. The molecule has 5 nitrogen and oxygen atoms in total. The highest BCUT2D eigenvalue weighted by molar-refractivity contribution is 6.56. The van der Waals surface area contributed by atoms with Gasteiger partial charge in [-0.3, -0.25) is 0 Å². The number of ether oxygens (including phenoxy) is 3. The van der Waals surface area contributed by atoms with Crippen LogP contribution in [-0.4, -0.2) is 39.2 Å². The standard InChI is InChI=1S/C20H25Cl4NO4/c1-3-15-13-17(27-8-5-18(21)22)14-16(4-2)20(15)28-12-11-26-10-7-25-29-9-6-19(23)24/h5-7,13-14H,3-4,8-12H2,1-2H3/b25-7-. The van der Waals surface area contributed by atoms with Crippen LogP contribution in [0.15, 0.2) is 38.4 Å². The Labute approximate surface area is 192 Å². The van der Waals surface area contributed by atoms with Crippen molar-refractivity contribution in [2.45, 2.75) is 26.7 Å². The number of hydrogen-bond donors (Lipinski definition) is 0. The van der Waals surface area contributed by atoms with E-state index < -0.39 is 0 Å². The van der Waals surface area contributed by atoms with Gasteiger partial charge in [0.25, 0.3) is 0 Å². The van der Waals surface area contributed by atoms with Crippen LogP contribution in [0.4, 0.5) is 0 Å². The highest BCUT2D eigenvalue weighted by atomic mass is 35.5. The molecular weight excluding hydrogens is 460 g/mol. The van der Waals surface area contributed by atoms with Crippen molar-refractivity contribution in [3.63, 3.8) is 0 Å². The largest absolute Gasteiger partial charge is 0.491 e. The molecule has 0 unspecified atom stereocenters. The van der Waals surface area contributed by atoms with Crippen LogP contribution in [0.1, 0.15) is 25.0 Å². The van der Waals surface area contributed by atoms with Crippen LogP contribution in [-0.2, 0) is 22.4 Å². The summed E-state index contributed by atoms with van der Waals surface area (Å²) < 4.78 is 17.4. The summed E-state index contributed by atoms with van der Waals surface area (Å²) in [4.78, 5) is 4.92. The molecule has 1 rings (SSSR count). The predicted octanol–water partition coefficient (Wildman–Crippen LogP) is 6.23. The van der Waals surface area contributed by atoms with Crippen LogP contribution in [0, 0.1) is 0 Å². The molecule has 0 N–H and O–H groups in total. The van der Waals surface area contributed by atoms with Crippen LogP contribution >= 0.6 is 46.4 Å². The van der Waals surface area contributed by atoms with E-state index in [0.29, 0.717) is 26.4 Å². The van der Waals surface area contributed by atoms with E-state index in [2.05, 4.69) is 19.0 Å². The molecule has 0 amide bonds. The minimum absolute atomic E-state index is 0.141. The summed E-state index contributed by atoms with van der Waals surface area (Å²) in [6.45, 7) is 5.81. The molecule has 0 fully saturated rings. The first-order chi connectivity index (χ1) is 14.0. The van der Waals surface area contributed by atoms with Crippen molar-refractivity contribution < 1.29 is 19.0 Å². The second-order valence-corrected chi connectivity index (χ2v) is 7.60. The van der Waals surface area contributed by atoms with Crippen molar-refractivity contribution >= 4 is 52.6 Å². The van der Waals surface area contributed by atoms with Crippen molar-refractivity contribution in [3.05, 3.63) is 44.4 Å². The Morgan fingerprint density at radius 3 is 2.07 bits per heavy atom. The van der Waals surface area contributed by atoms with Gasteiger partial charge in [0.15, 0.2) is 0 Å². The molecule has 162 valence electrons. The molecule has 0 saturated carbocycles. The van der Waals surface area contributed by atoms with E-state index in [0.717, 1.165) is 35.5 Å². The fourth-order valence-corrected chi connectivity index (χ4v) is 2.53. The molecule has 0 aromatic heterocycles. The third-order valence-corrected chi connectivity index (χ3v) is 4.21. The van der Waals surface area contributed by atoms with E-state index in [1.807, 2.05) is 12.1 Å². The van der Waals surface area contributed by atoms with Gasteiger partial charge in [0.2, 0.25) is 0 Å². The molecule has 0 radical (unpaired) electrons. The lowest BCUT2D eigenvalue weighted by atomic mass is 10.0.